The molecule has 0 bridgehead atoms. The number of nitrogens with one attached hydrogen (secondary N) is 2. The van der Waals surface area contributed by atoms with E-state index in [1.165, 1.54) is 0 Å². The fourth-order valence-corrected chi connectivity index (χ4v) is 3.22. The average molecular weight is 301 g/mol. The molecule has 1 aliphatic carbocycles. The highest BCUT2D eigenvalue weighted by Gasteiger charge is 2.54. The molecule has 4 atom stereocenters. The van der Waals surface area contributed by atoms with Gasteiger partial charge in [0.05, 0.1) is 12.7 Å². The summed E-state index contributed by atoms with van der Waals surface area (Å²) in [5.74, 6) is -0.0859. The number of carbonyl (C=O) groups is 1. The van der Waals surface area contributed by atoms with Crippen molar-refractivity contribution in [1.82, 2.24) is 15.5 Å². The predicted molar refractivity (Wildman–Crippen MR) is 68.0 cm³/mol. The van der Waals surface area contributed by atoms with Crippen LogP contribution in [0.5, 0.6) is 0 Å². The molecular weight excluding hydrogens is 284 g/mol. The number of aromatic amines is 1. The van der Waals surface area contributed by atoms with Gasteiger partial charge >= 0.3 is 0 Å². The highest BCUT2D eigenvalue weighted by molar-refractivity contribution is 5.92. The molecule has 1 saturated carbocycles. The number of rotatable bonds is 5. The molecule has 0 radical (unpaired) electrons. The quantitative estimate of drug-likeness (QED) is 0.854. The second-order valence-electron chi connectivity index (χ2n) is 5.42. The number of fused-ring (bicyclic) bond motifs is 1. The van der Waals surface area contributed by atoms with Crippen molar-refractivity contribution in [3.8, 4) is 0 Å². The van der Waals surface area contributed by atoms with Gasteiger partial charge in [-0.3, -0.25) is 9.89 Å². The van der Waals surface area contributed by atoms with E-state index in [2.05, 4.69) is 15.5 Å². The molecule has 2 N–H and O–H groups in total. The minimum Gasteiger partial charge on any atom is -0.384 e. The first kappa shape index (κ1) is 14.4. The summed E-state index contributed by atoms with van der Waals surface area (Å²) in [6.45, 7) is 1.18. The third kappa shape index (κ3) is 2.53. The Morgan fingerprint density at radius 3 is 3.14 bits per heavy atom. The van der Waals surface area contributed by atoms with Crippen LogP contribution in [-0.4, -0.2) is 48.6 Å². The fourth-order valence-electron chi connectivity index (χ4n) is 3.22. The first-order valence-corrected chi connectivity index (χ1v) is 6.86. The Labute approximate surface area is 120 Å². The third-order valence-corrected chi connectivity index (χ3v) is 4.25. The number of nitrogens with zero attached hydrogens (tertiary/aromatic N) is 1. The average Bonchev–Trinajstić information content (AvgIpc) is 3.09. The van der Waals surface area contributed by atoms with E-state index >= 15 is 0 Å². The van der Waals surface area contributed by atoms with Gasteiger partial charge in [0, 0.05) is 31.6 Å². The first-order valence-electron chi connectivity index (χ1n) is 6.86. The zero-order chi connectivity index (χ0) is 15.0. The smallest absolute Gasteiger partial charge is 0.279 e. The molecule has 21 heavy (non-hydrogen) atoms. The van der Waals surface area contributed by atoms with Gasteiger partial charge < -0.3 is 14.8 Å². The topological polar surface area (TPSA) is 76.2 Å². The number of amides is 1. The van der Waals surface area contributed by atoms with E-state index in [-0.39, 0.29) is 35.4 Å². The molecule has 2 fully saturated rings. The van der Waals surface area contributed by atoms with Crippen LogP contribution in [0.4, 0.5) is 8.78 Å². The van der Waals surface area contributed by atoms with Crippen molar-refractivity contribution in [2.24, 2.45) is 11.8 Å². The molecule has 1 aromatic rings. The van der Waals surface area contributed by atoms with Crippen LogP contribution in [-0.2, 0) is 9.47 Å². The molecule has 8 heteroatoms. The second-order valence-corrected chi connectivity index (χ2v) is 5.42. The van der Waals surface area contributed by atoms with Crippen molar-refractivity contribution >= 4 is 5.91 Å². The highest BCUT2D eigenvalue weighted by Crippen LogP contribution is 2.43. The van der Waals surface area contributed by atoms with Crippen molar-refractivity contribution in [3.63, 3.8) is 0 Å². The number of ether oxygens (including phenoxy) is 2. The van der Waals surface area contributed by atoms with Gasteiger partial charge in [0.25, 0.3) is 12.3 Å². The minimum absolute atomic E-state index is 0.0242. The maximum atomic E-state index is 12.5. The lowest BCUT2D eigenvalue weighted by atomic mass is 9.67. The van der Waals surface area contributed by atoms with Crippen molar-refractivity contribution < 1.29 is 23.0 Å². The van der Waals surface area contributed by atoms with Gasteiger partial charge in [0.2, 0.25) is 0 Å². The van der Waals surface area contributed by atoms with Crippen LogP contribution in [0.2, 0.25) is 0 Å². The Balaban J connectivity index is 1.65. The molecule has 116 valence electrons. The Morgan fingerprint density at radius 1 is 1.67 bits per heavy atom. The number of hydrogen-bond acceptors (Lipinski definition) is 4. The molecule has 1 aliphatic heterocycles. The van der Waals surface area contributed by atoms with Crippen LogP contribution in [0.25, 0.3) is 0 Å². The molecule has 1 saturated heterocycles. The van der Waals surface area contributed by atoms with E-state index in [9.17, 15) is 13.6 Å². The van der Waals surface area contributed by atoms with Gasteiger partial charge in [-0.05, 0) is 12.5 Å². The predicted octanol–water partition coefficient (Wildman–Crippen LogP) is 1.13. The van der Waals surface area contributed by atoms with Crippen LogP contribution in [0.15, 0.2) is 6.07 Å². The highest BCUT2D eigenvalue weighted by atomic mass is 19.3. The zero-order valence-electron chi connectivity index (χ0n) is 11.5. The normalized spacial score (nSPS) is 31.0. The zero-order valence-corrected chi connectivity index (χ0v) is 11.5. The summed E-state index contributed by atoms with van der Waals surface area (Å²) in [6.07, 6.45) is -1.67. The van der Waals surface area contributed by atoms with Crippen LogP contribution < -0.4 is 5.32 Å². The van der Waals surface area contributed by atoms with Crippen molar-refractivity contribution in [1.29, 1.82) is 0 Å². The van der Waals surface area contributed by atoms with Crippen LogP contribution in [0.3, 0.4) is 0 Å². The third-order valence-electron chi connectivity index (χ3n) is 4.25. The lowest BCUT2D eigenvalue weighted by Gasteiger charge is -2.47. The van der Waals surface area contributed by atoms with Gasteiger partial charge in [-0.15, -0.1) is 0 Å². The van der Waals surface area contributed by atoms with Crippen LogP contribution >= 0.6 is 0 Å². The van der Waals surface area contributed by atoms with Gasteiger partial charge in [-0.2, -0.15) is 5.10 Å². The standard InChI is InChI=1S/C13H17F2N3O3/c1-20-5-7-10(6-2-3-21-11(6)7)16-13(19)9-4-8(12(14)15)17-18-9/h4,6-7,10-12H,2-3,5H2,1H3,(H,16,19)(H,17,18)/t6-,7+,10+,11-/m1/s1. The van der Waals surface area contributed by atoms with Crippen molar-refractivity contribution in [2.75, 3.05) is 20.3 Å². The molecule has 0 unspecified atom stereocenters. The number of methoxy groups -OCH3 is 1. The van der Waals surface area contributed by atoms with Gasteiger partial charge in [-0.1, -0.05) is 0 Å². The van der Waals surface area contributed by atoms with E-state index in [0.29, 0.717) is 13.2 Å². The Bertz CT molecular complexity index is 523. The van der Waals surface area contributed by atoms with E-state index in [0.717, 1.165) is 12.5 Å². The number of halogens is 2. The lowest BCUT2D eigenvalue weighted by molar-refractivity contribution is -0.0810. The van der Waals surface area contributed by atoms with E-state index in [4.69, 9.17) is 9.47 Å². The molecule has 2 heterocycles. The maximum absolute atomic E-state index is 12.5. The summed E-state index contributed by atoms with van der Waals surface area (Å²) >= 11 is 0. The number of aromatic nitrogens is 2. The largest absolute Gasteiger partial charge is 0.384 e. The van der Waals surface area contributed by atoms with Gasteiger partial charge in [0.1, 0.15) is 11.4 Å². The lowest BCUT2D eigenvalue weighted by Crippen LogP contribution is -2.62. The fraction of sp³-hybridized carbons (Fsp3) is 0.692. The van der Waals surface area contributed by atoms with Crippen LogP contribution in [0, 0.1) is 11.8 Å². The summed E-state index contributed by atoms with van der Waals surface area (Å²) in [5, 5.41) is 8.66. The molecule has 0 aromatic carbocycles. The minimum atomic E-state index is -2.67. The molecule has 0 spiro atoms. The number of H-pyrrole nitrogens is 1. The van der Waals surface area contributed by atoms with E-state index < -0.39 is 12.3 Å². The molecule has 2 aliphatic rings. The molecule has 6 nitrogen and oxygen atoms in total. The monoisotopic (exact) mass is 301 g/mol. The molecule has 1 amide bonds. The van der Waals surface area contributed by atoms with Crippen molar-refractivity contribution in [3.05, 3.63) is 17.5 Å². The first-order chi connectivity index (χ1) is 10.1. The van der Waals surface area contributed by atoms with Gasteiger partial charge in [0.15, 0.2) is 0 Å². The van der Waals surface area contributed by atoms with Crippen LogP contribution in [0.1, 0.15) is 29.0 Å². The molecule has 3 rings (SSSR count). The van der Waals surface area contributed by atoms with Gasteiger partial charge in [-0.25, -0.2) is 8.78 Å². The van der Waals surface area contributed by atoms with E-state index in [1.54, 1.807) is 7.11 Å². The Morgan fingerprint density at radius 2 is 2.48 bits per heavy atom. The van der Waals surface area contributed by atoms with Crippen molar-refractivity contribution in [2.45, 2.75) is 25.0 Å². The van der Waals surface area contributed by atoms with E-state index in [1.807, 2.05) is 0 Å². The summed E-state index contributed by atoms with van der Waals surface area (Å²) in [5.41, 5.74) is -0.381. The summed E-state index contributed by atoms with van der Waals surface area (Å²) < 4.78 is 35.7. The maximum Gasteiger partial charge on any atom is 0.279 e. The number of alkyl halides is 2. The molecule has 1 aromatic heterocycles. The molecular formula is C13H17F2N3O3. The Kier molecular flexibility index (Phi) is 3.90. The second kappa shape index (κ2) is 5.69. The summed E-state index contributed by atoms with van der Waals surface area (Å²) in [6, 6.07) is 1.02. The number of hydrogen-bond donors (Lipinski definition) is 2. The Hall–Kier alpha value is -1.54. The summed E-state index contributed by atoms with van der Waals surface area (Å²) in [4.78, 5) is 12.1. The summed E-state index contributed by atoms with van der Waals surface area (Å²) in [7, 11) is 1.60. The SMILES string of the molecule is COC[C@H]1[C@@H](NC(=O)c2cc(C(F)F)[nH]n2)[C@H]2CCO[C@H]21. The number of carbonyl (C=O) groups excluding carboxylic acids is 1.